The number of carbonyl (C=O) groups excluding carboxylic acids is 1. The Morgan fingerprint density at radius 3 is 2.60 bits per heavy atom. The van der Waals surface area contributed by atoms with Gasteiger partial charge in [-0.1, -0.05) is 0 Å². The molecule has 5 heteroatoms. The Hall–Kier alpha value is -0.480. The van der Waals surface area contributed by atoms with Gasteiger partial charge in [-0.05, 0) is 40.2 Å². The van der Waals surface area contributed by atoms with Crippen LogP contribution in [0, 0.1) is 0 Å². The maximum Gasteiger partial charge on any atom is 0.407 e. The quantitative estimate of drug-likeness (QED) is 0.729. The van der Waals surface area contributed by atoms with E-state index in [1.807, 2.05) is 20.8 Å². The second-order valence-electron chi connectivity index (χ2n) is 4.69. The molecule has 1 fully saturated rings. The molecule has 15 heavy (non-hydrogen) atoms. The van der Waals surface area contributed by atoms with Crippen LogP contribution in [0.25, 0.3) is 0 Å². The fraction of sp³-hybridized carbons (Fsp3) is 0.900. The highest BCUT2D eigenvalue weighted by atomic mass is 35.5. The summed E-state index contributed by atoms with van der Waals surface area (Å²) in [5.41, 5.74) is -0.411. The molecule has 1 aliphatic rings. The van der Waals surface area contributed by atoms with Crippen molar-refractivity contribution in [1.29, 1.82) is 0 Å². The van der Waals surface area contributed by atoms with Crippen LogP contribution in [0.4, 0.5) is 4.79 Å². The molecule has 1 amide bonds. The Labute approximate surface area is 97.5 Å². The average molecular weight is 237 g/mol. The number of nitrogens with one attached hydrogen (secondary N) is 2. The van der Waals surface area contributed by atoms with Crippen molar-refractivity contribution in [2.45, 2.75) is 45.3 Å². The molecule has 2 N–H and O–H groups in total. The van der Waals surface area contributed by atoms with Crippen LogP contribution in [0.3, 0.4) is 0 Å². The molecule has 1 atom stereocenters. The summed E-state index contributed by atoms with van der Waals surface area (Å²) in [4.78, 5) is 11.4. The van der Waals surface area contributed by atoms with Crippen LogP contribution in [0.5, 0.6) is 0 Å². The van der Waals surface area contributed by atoms with Crippen LogP contribution in [0.2, 0.25) is 0 Å². The van der Waals surface area contributed by atoms with E-state index in [1.165, 1.54) is 0 Å². The first-order valence-corrected chi connectivity index (χ1v) is 5.17. The van der Waals surface area contributed by atoms with Gasteiger partial charge in [0, 0.05) is 12.6 Å². The molecule has 0 bridgehead atoms. The van der Waals surface area contributed by atoms with Gasteiger partial charge in [0.15, 0.2) is 0 Å². The number of alkyl carbamates (subject to hydrolysis) is 1. The maximum atomic E-state index is 11.4. The van der Waals surface area contributed by atoms with Crippen molar-refractivity contribution >= 4 is 18.5 Å². The summed E-state index contributed by atoms with van der Waals surface area (Å²) in [7, 11) is 0. The second kappa shape index (κ2) is 6.18. The summed E-state index contributed by atoms with van der Waals surface area (Å²) in [6, 6.07) is 0.221. The van der Waals surface area contributed by atoms with Crippen LogP contribution in [-0.2, 0) is 4.74 Å². The Morgan fingerprint density at radius 1 is 1.47 bits per heavy atom. The zero-order valence-corrected chi connectivity index (χ0v) is 10.4. The van der Waals surface area contributed by atoms with Gasteiger partial charge in [0.2, 0.25) is 0 Å². The van der Waals surface area contributed by atoms with Crippen molar-refractivity contribution in [2.75, 3.05) is 13.1 Å². The molecule has 0 aliphatic carbocycles. The SMILES string of the molecule is CC(C)(C)OC(=O)NC1CCCNC1.Cl. The van der Waals surface area contributed by atoms with E-state index in [0.717, 1.165) is 25.9 Å². The van der Waals surface area contributed by atoms with Gasteiger partial charge in [-0.3, -0.25) is 0 Å². The van der Waals surface area contributed by atoms with Crippen LogP contribution < -0.4 is 10.6 Å². The smallest absolute Gasteiger partial charge is 0.407 e. The number of hydrogen-bond acceptors (Lipinski definition) is 3. The molecule has 90 valence electrons. The Morgan fingerprint density at radius 2 is 2.13 bits per heavy atom. The lowest BCUT2D eigenvalue weighted by atomic mass is 10.1. The first-order valence-electron chi connectivity index (χ1n) is 5.17. The van der Waals surface area contributed by atoms with Gasteiger partial charge in [-0.25, -0.2) is 4.79 Å². The van der Waals surface area contributed by atoms with Crippen molar-refractivity contribution in [2.24, 2.45) is 0 Å². The van der Waals surface area contributed by atoms with E-state index in [2.05, 4.69) is 10.6 Å². The summed E-state index contributed by atoms with van der Waals surface area (Å²) in [5, 5.41) is 6.08. The van der Waals surface area contributed by atoms with Gasteiger partial charge in [0.05, 0.1) is 0 Å². The highest BCUT2D eigenvalue weighted by molar-refractivity contribution is 5.85. The summed E-state index contributed by atoms with van der Waals surface area (Å²) < 4.78 is 5.16. The molecule has 1 rings (SSSR count). The number of halogens is 1. The van der Waals surface area contributed by atoms with E-state index >= 15 is 0 Å². The largest absolute Gasteiger partial charge is 0.444 e. The summed E-state index contributed by atoms with van der Waals surface area (Å²) in [6.07, 6.45) is 1.83. The third kappa shape index (κ3) is 6.57. The lowest BCUT2D eigenvalue weighted by molar-refractivity contribution is 0.0497. The standard InChI is InChI=1S/C10H20N2O2.ClH/c1-10(2,3)14-9(13)12-8-5-4-6-11-7-8;/h8,11H,4-7H2,1-3H3,(H,12,13);1H. The summed E-state index contributed by atoms with van der Waals surface area (Å²) in [5.74, 6) is 0. The Bertz CT molecular complexity index is 198. The molecule has 0 radical (unpaired) electrons. The van der Waals surface area contributed by atoms with Gasteiger partial charge in [-0.15, -0.1) is 12.4 Å². The Kier molecular flexibility index (Phi) is 5.98. The van der Waals surface area contributed by atoms with Crippen molar-refractivity contribution < 1.29 is 9.53 Å². The van der Waals surface area contributed by atoms with E-state index in [4.69, 9.17) is 4.74 Å². The zero-order chi connectivity index (χ0) is 10.6. The molecule has 0 aromatic carbocycles. The highest BCUT2D eigenvalue weighted by Crippen LogP contribution is 2.08. The lowest BCUT2D eigenvalue weighted by Gasteiger charge is -2.26. The van der Waals surface area contributed by atoms with Gasteiger partial charge >= 0.3 is 6.09 Å². The minimum atomic E-state index is -0.411. The Balaban J connectivity index is 0.00000196. The van der Waals surface area contributed by atoms with Crippen molar-refractivity contribution in [3.05, 3.63) is 0 Å². The minimum Gasteiger partial charge on any atom is -0.444 e. The summed E-state index contributed by atoms with van der Waals surface area (Å²) in [6.45, 7) is 7.49. The molecule has 0 spiro atoms. The van der Waals surface area contributed by atoms with Crippen molar-refractivity contribution in [3.63, 3.8) is 0 Å². The minimum absolute atomic E-state index is 0. The van der Waals surface area contributed by atoms with Crippen molar-refractivity contribution in [3.8, 4) is 0 Å². The lowest BCUT2D eigenvalue weighted by Crippen LogP contribution is -2.47. The topological polar surface area (TPSA) is 50.4 Å². The van der Waals surface area contributed by atoms with Gasteiger partial charge in [0.25, 0.3) is 0 Å². The van der Waals surface area contributed by atoms with Crippen molar-refractivity contribution in [1.82, 2.24) is 10.6 Å². The van der Waals surface area contributed by atoms with Crippen LogP contribution in [0.1, 0.15) is 33.6 Å². The summed E-state index contributed by atoms with van der Waals surface area (Å²) >= 11 is 0. The maximum absolute atomic E-state index is 11.4. The monoisotopic (exact) mass is 236 g/mol. The number of ether oxygens (including phenoxy) is 1. The molecule has 0 saturated carbocycles. The van der Waals surface area contributed by atoms with E-state index in [-0.39, 0.29) is 24.5 Å². The number of piperidine rings is 1. The number of hydrogen-bond donors (Lipinski definition) is 2. The molecule has 1 saturated heterocycles. The number of carbonyl (C=O) groups is 1. The molecular weight excluding hydrogens is 216 g/mol. The highest BCUT2D eigenvalue weighted by Gasteiger charge is 2.20. The molecule has 0 aromatic heterocycles. The van der Waals surface area contributed by atoms with Gasteiger partial charge in [-0.2, -0.15) is 0 Å². The third-order valence-electron chi connectivity index (χ3n) is 2.02. The van der Waals surface area contributed by atoms with Crippen LogP contribution in [0.15, 0.2) is 0 Å². The third-order valence-corrected chi connectivity index (χ3v) is 2.02. The fourth-order valence-electron chi connectivity index (χ4n) is 1.45. The van der Waals surface area contributed by atoms with E-state index in [9.17, 15) is 4.79 Å². The van der Waals surface area contributed by atoms with Crippen LogP contribution in [-0.4, -0.2) is 30.8 Å². The molecule has 1 heterocycles. The first kappa shape index (κ1) is 14.5. The number of amides is 1. The predicted molar refractivity (Wildman–Crippen MR) is 62.5 cm³/mol. The van der Waals surface area contributed by atoms with E-state index in [1.54, 1.807) is 0 Å². The predicted octanol–water partition coefficient (Wildman–Crippen LogP) is 1.68. The second-order valence-corrected chi connectivity index (χ2v) is 4.69. The van der Waals surface area contributed by atoms with Gasteiger partial charge in [0.1, 0.15) is 5.60 Å². The zero-order valence-electron chi connectivity index (χ0n) is 9.63. The number of rotatable bonds is 1. The first-order chi connectivity index (χ1) is 6.47. The van der Waals surface area contributed by atoms with E-state index < -0.39 is 5.60 Å². The molecule has 0 aromatic rings. The molecule has 1 aliphatic heterocycles. The average Bonchev–Trinajstić information content (AvgIpc) is 2.02. The fourth-order valence-corrected chi connectivity index (χ4v) is 1.45. The molecular formula is C10H21ClN2O2. The van der Waals surface area contributed by atoms with Crippen LogP contribution >= 0.6 is 12.4 Å². The van der Waals surface area contributed by atoms with E-state index in [0.29, 0.717) is 0 Å². The molecule has 4 nitrogen and oxygen atoms in total. The van der Waals surface area contributed by atoms with Gasteiger partial charge < -0.3 is 15.4 Å². The normalized spacial score (nSPS) is 21.4. The molecule has 1 unspecified atom stereocenters.